The third kappa shape index (κ3) is 2.90. The molecule has 0 aromatic heterocycles. The molecule has 3 amide bonds. The number of carbonyl (C=O) groups excluding carboxylic acids is 2. The molecule has 1 fully saturated rings. The predicted octanol–water partition coefficient (Wildman–Crippen LogP) is -1.15. The molecule has 1 saturated heterocycles. The minimum Gasteiger partial charge on any atom is -0.351 e. The van der Waals surface area contributed by atoms with E-state index in [2.05, 4.69) is 13.8 Å². The van der Waals surface area contributed by atoms with Gasteiger partial charge in [0.05, 0.1) is 6.54 Å². The van der Waals surface area contributed by atoms with Crippen molar-refractivity contribution >= 4 is 11.9 Å². The Kier molecular flexibility index (Phi) is 3.31. The molecule has 5 N–H and O–H groups in total. The number of amides is 3. The van der Waals surface area contributed by atoms with Crippen LogP contribution in [0.4, 0.5) is 4.79 Å². The fourth-order valence-electron chi connectivity index (χ4n) is 1.64. The molecule has 0 radical (unpaired) electrons. The van der Waals surface area contributed by atoms with Crippen molar-refractivity contribution in [1.29, 1.82) is 0 Å². The highest BCUT2D eigenvalue weighted by molar-refractivity contribution is 5.94. The van der Waals surface area contributed by atoms with E-state index in [1.807, 2.05) is 10.2 Å². The molecule has 1 heterocycles. The number of primary amides is 1. The Morgan fingerprint density at radius 1 is 1.47 bits per heavy atom. The molecule has 15 heavy (non-hydrogen) atoms. The molecule has 86 valence electrons. The average molecular weight is 214 g/mol. The summed E-state index contributed by atoms with van der Waals surface area (Å²) in [6, 6.07) is -0.816. The van der Waals surface area contributed by atoms with Crippen molar-refractivity contribution in [3.05, 3.63) is 0 Å². The van der Waals surface area contributed by atoms with Crippen LogP contribution in [0.5, 0.6) is 0 Å². The van der Waals surface area contributed by atoms with E-state index in [0.29, 0.717) is 19.0 Å². The van der Waals surface area contributed by atoms with E-state index in [1.165, 1.54) is 0 Å². The number of nitrogens with zero attached hydrogens (tertiary/aromatic N) is 1. The monoisotopic (exact) mass is 214 g/mol. The highest BCUT2D eigenvalue weighted by atomic mass is 16.2. The molecule has 0 bridgehead atoms. The van der Waals surface area contributed by atoms with Crippen molar-refractivity contribution in [2.45, 2.75) is 19.4 Å². The highest BCUT2D eigenvalue weighted by Crippen LogP contribution is 2.25. The number of urea groups is 1. The molecule has 6 heteroatoms. The van der Waals surface area contributed by atoms with Gasteiger partial charge in [-0.2, -0.15) is 0 Å². The molecule has 0 saturated carbocycles. The highest BCUT2D eigenvalue weighted by Gasteiger charge is 2.42. The zero-order valence-electron chi connectivity index (χ0n) is 9.12. The van der Waals surface area contributed by atoms with Gasteiger partial charge in [-0.25, -0.2) is 4.79 Å². The molecule has 0 spiro atoms. The van der Waals surface area contributed by atoms with Crippen LogP contribution in [0.1, 0.15) is 13.8 Å². The van der Waals surface area contributed by atoms with Crippen molar-refractivity contribution < 1.29 is 9.59 Å². The Bertz CT molecular complexity index is 271. The number of rotatable bonds is 3. The van der Waals surface area contributed by atoms with Crippen LogP contribution in [0.15, 0.2) is 0 Å². The van der Waals surface area contributed by atoms with Gasteiger partial charge < -0.3 is 11.5 Å². The molecular formula is C9H18N4O2. The molecule has 0 aromatic rings. The molecule has 0 aromatic carbocycles. The van der Waals surface area contributed by atoms with Crippen molar-refractivity contribution in [3.8, 4) is 0 Å². The summed E-state index contributed by atoms with van der Waals surface area (Å²) in [5.41, 5.74) is 10.7. The fraction of sp³-hybridized carbons (Fsp3) is 0.778. The van der Waals surface area contributed by atoms with E-state index < -0.39 is 6.03 Å². The lowest BCUT2D eigenvalue weighted by Gasteiger charge is -2.50. The summed E-state index contributed by atoms with van der Waals surface area (Å²) >= 11 is 0. The third-order valence-corrected chi connectivity index (χ3v) is 2.82. The Labute approximate surface area is 89.0 Å². The maximum absolute atomic E-state index is 11.1. The van der Waals surface area contributed by atoms with E-state index in [-0.39, 0.29) is 18.0 Å². The van der Waals surface area contributed by atoms with Crippen LogP contribution < -0.4 is 16.8 Å². The van der Waals surface area contributed by atoms with Crippen molar-refractivity contribution in [2.24, 2.45) is 17.4 Å². The normalized spacial score (nSPS) is 19.7. The number of likely N-dealkylation sites (tertiary alicyclic amines) is 1. The molecule has 0 aliphatic carbocycles. The molecular weight excluding hydrogens is 196 g/mol. The number of imide groups is 1. The van der Waals surface area contributed by atoms with Gasteiger partial charge in [-0.1, -0.05) is 13.8 Å². The quantitative estimate of drug-likeness (QED) is 0.552. The Morgan fingerprint density at radius 2 is 2.00 bits per heavy atom. The number of hydrogen-bond acceptors (Lipinski definition) is 4. The average Bonchev–Trinajstić information content (AvgIpc) is 1.98. The minimum atomic E-state index is -0.816. The van der Waals surface area contributed by atoms with Gasteiger partial charge in [0.1, 0.15) is 0 Å². The minimum absolute atomic E-state index is 0.175. The lowest BCUT2D eigenvalue weighted by Crippen LogP contribution is -2.70. The van der Waals surface area contributed by atoms with Crippen LogP contribution in [0.25, 0.3) is 0 Å². The SMILES string of the molecule is CC(C)C1(N)CN(CC(=O)NC(N)=O)C1. The summed E-state index contributed by atoms with van der Waals surface area (Å²) in [5, 5.41) is 2.02. The van der Waals surface area contributed by atoms with E-state index in [0.717, 1.165) is 0 Å². The first kappa shape index (κ1) is 11.9. The Balaban J connectivity index is 2.28. The number of nitrogens with one attached hydrogen (secondary N) is 1. The van der Waals surface area contributed by atoms with E-state index in [4.69, 9.17) is 11.5 Å². The lowest BCUT2D eigenvalue weighted by molar-refractivity contribution is -0.123. The first-order valence-electron chi connectivity index (χ1n) is 4.94. The predicted molar refractivity (Wildman–Crippen MR) is 55.9 cm³/mol. The largest absolute Gasteiger partial charge is 0.351 e. The Hall–Kier alpha value is -1.14. The maximum Gasteiger partial charge on any atom is 0.318 e. The van der Waals surface area contributed by atoms with E-state index >= 15 is 0 Å². The number of hydrogen-bond donors (Lipinski definition) is 3. The van der Waals surface area contributed by atoms with Crippen LogP contribution in [0, 0.1) is 5.92 Å². The van der Waals surface area contributed by atoms with Gasteiger partial charge in [0.2, 0.25) is 5.91 Å². The lowest BCUT2D eigenvalue weighted by atomic mass is 9.80. The summed E-state index contributed by atoms with van der Waals surface area (Å²) in [7, 11) is 0. The zero-order valence-corrected chi connectivity index (χ0v) is 9.12. The second kappa shape index (κ2) is 4.16. The van der Waals surface area contributed by atoms with Gasteiger partial charge in [-0.15, -0.1) is 0 Å². The van der Waals surface area contributed by atoms with Crippen molar-refractivity contribution in [2.75, 3.05) is 19.6 Å². The zero-order chi connectivity index (χ0) is 11.6. The summed E-state index contributed by atoms with van der Waals surface area (Å²) in [6.07, 6.45) is 0. The van der Waals surface area contributed by atoms with E-state index in [1.54, 1.807) is 0 Å². The molecule has 1 aliphatic heterocycles. The van der Waals surface area contributed by atoms with E-state index in [9.17, 15) is 9.59 Å². The first-order chi connectivity index (χ1) is 6.83. The second-order valence-corrected chi connectivity index (χ2v) is 4.45. The molecule has 0 atom stereocenters. The first-order valence-corrected chi connectivity index (χ1v) is 4.94. The van der Waals surface area contributed by atoms with Crippen LogP contribution in [-0.4, -0.2) is 42.0 Å². The molecule has 1 rings (SSSR count). The van der Waals surface area contributed by atoms with Gasteiger partial charge in [0.15, 0.2) is 0 Å². The van der Waals surface area contributed by atoms with Crippen LogP contribution in [0.3, 0.4) is 0 Å². The van der Waals surface area contributed by atoms with Crippen molar-refractivity contribution in [3.63, 3.8) is 0 Å². The smallest absolute Gasteiger partial charge is 0.318 e. The van der Waals surface area contributed by atoms with Gasteiger partial charge in [0, 0.05) is 18.6 Å². The number of nitrogens with two attached hydrogens (primary N) is 2. The van der Waals surface area contributed by atoms with Gasteiger partial charge in [0.25, 0.3) is 0 Å². The van der Waals surface area contributed by atoms with Gasteiger partial charge >= 0.3 is 6.03 Å². The van der Waals surface area contributed by atoms with Gasteiger partial charge in [-0.05, 0) is 5.92 Å². The van der Waals surface area contributed by atoms with Crippen LogP contribution >= 0.6 is 0 Å². The fourth-order valence-corrected chi connectivity index (χ4v) is 1.64. The topological polar surface area (TPSA) is 101 Å². The van der Waals surface area contributed by atoms with Crippen LogP contribution in [-0.2, 0) is 4.79 Å². The molecule has 0 unspecified atom stereocenters. The van der Waals surface area contributed by atoms with Gasteiger partial charge in [-0.3, -0.25) is 15.0 Å². The molecule has 1 aliphatic rings. The summed E-state index contributed by atoms with van der Waals surface area (Å²) in [5.74, 6) is 0.00116. The Morgan fingerprint density at radius 3 is 2.40 bits per heavy atom. The summed E-state index contributed by atoms with van der Waals surface area (Å²) in [6.45, 7) is 5.64. The number of carbonyl (C=O) groups is 2. The summed E-state index contributed by atoms with van der Waals surface area (Å²) < 4.78 is 0. The third-order valence-electron chi connectivity index (χ3n) is 2.82. The summed E-state index contributed by atoms with van der Waals surface area (Å²) in [4.78, 5) is 23.4. The second-order valence-electron chi connectivity index (χ2n) is 4.45. The molecule has 6 nitrogen and oxygen atoms in total. The maximum atomic E-state index is 11.1. The standard InChI is InChI=1S/C9H18N4O2/c1-6(2)9(11)4-13(5-9)3-7(14)12-8(10)15/h6H,3-5,11H2,1-2H3,(H3,10,12,14,15). The van der Waals surface area contributed by atoms with Crippen molar-refractivity contribution in [1.82, 2.24) is 10.2 Å². The van der Waals surface area contributed by atoms with Crippen LogP contribution in [0.2, 0.25) is 0 Å².